The van der Waals surface area contributed by atoms with Gasteiger partial charge in [0.2, 0.25) is 5.91 Å². The van der Waals surface area contributed by atoms with Crippen LogP contribution in [-0.2, 0) is 11.2 Å². The molecule has 4 aromatic carbocycles. The molecule has 0 spiro atoms. The number of anilines is 2. The summed E-state index contributed by atoms with van der Waals surface area (Å²) >= 11 is 0. The molecule has 1 aliphatic rings. The summed E-state index contributed by atoms with van der Waals surface area (Å²) in [5, 5.41) is 8.31. The molecule has 1 fully saturated rings. The van der Waals surface area contributed by atoms with Crippen LogP contribution in [0.1, 0.15) is 40.2 Å². The van der Waals surface area contributed by atoms with Crippen molar-refractivity contribution in [3.05, 3.63) is 108 Å². The number of hydrogen-bond donors (Lipinski definition) is 2. The molecule has 2 N–H and O–H groups in total. The van der Waals surface area contributed by atoms with Crippen molar-refractivity contribution in [3.63, 3.8) is 0 Å². The number of fused-ring (bicyclic) bond motifs is 1. The standard InChI is InChI=1S/C32H33N3O2/c1-35(2)19-5-6-22-9-16-27(17-10-22)33-31(36)25-13-11-24(12-14-25)29-21-30(29)32(37)34-28-18-15-23-7-3-4-8-26(23)20-28/h3-4,7-18,20,29-30H,5-6,19,21H2,1-2H3,(H,33,36)(H,34,37)/t29-,30+/m0/s1. The highest BCUT2D eigenvalue weighted by atomic mass is 16.2. The maximum absolute atomic E-state index is 12.8. The molecule has 5 nitrogen and oxygen atoms in total. The van der Waals surface area contributed by atoms with Crippen molar-refractivity contribution in [2.45, 2.75) is 25.2 Å². The van der Waals surface area contributed by atoms with Gasteiger partial charge in [0, 0.05) is 22.9 Å². The third-order valence-electron chi connectivity index (χ3n) is 7.03. The van der Waals surface area contributed by atoms with Crippen LogP contribution >= 0.6 is 0 Å². The molecule has 0 bridgehead atoms. The van der Waals surface area contributed by atoms with Gasteiger partial charge in [0.25, 0.3) is 5.91 Å². The number of hydrogen-bond acceptors (Lipinski definition) is 3. The van der Waals surface area contributed by atoms with E-state index in [1.807, 2.05) is 72.8 Å². The van der Waals surface area contributed by atoms with E-state index in [0.29, 0.717) is 5.56 Å². The number of aryl methyl sites for hydroxylation is 1. The van der Waals surface area contributed by atoms with Gasteiger partial charge in [-0.1, -0.05) is 54.6 Å². The second-order valence-electron chi connectivity index (χ2n) is 10.2. The molecule has 5 rings (SSSR count). The second-order valence-corrected chi connectivity index (χ2v) is 10.2. The number of carbonyl (C=O) groups is 2. The summed E-state index contributed by atoms with van der Waals surface area (Å²) in [7, 11) is 4.16. The lowest BCUT2D eigenvalue weighted by Crippen LogP contribution is -2.14. The first kappa shape index (κ1) is 24.7. The van der Waals surface area contributed by atoms with Crippen LogP contribution < -0.4 is 10.6 Å². The second kappa shape index (κ2) is 11.0. The van der Waals surface area contributed by atoms with E-state index in [4.69, 9.17) is 0 Å². The fourth-order valence-electron chi connectivity index (χ4n) is 4.79. The van der Waals surface area contributed by atoms with E-state index in [-0.39, 0.29) is 23.7 Å². The monoisotopic (exact) mass is 491 g/mol. The molecule has 4 aromatic rings. The van der Waals surface area contributed by atoms with Crippen LogP contribution in [0.15, 0.2) is 91.0 Å². The summed E-state index contributed by atoms with van der Waals surface area (Å²) in [5.41, 5.74) is 4.59. The number of carbonyl (C=O) groups excluding carboxylic acids is 2. The molecule has 0 saturated heterocycles. The zero-order valence-electron chi connectivity index (χ0n) is 21.4. The van der Waals surface area contributed by atoms with E-state index >= 15 is 0 Å². The zero-order valence-corrected chi connectivity index (χ0v) is 21.4. The summed E-state index contributed by atoms with van der Waals surface area (Å²) in [6.07, 6.45) is 2.96. The van der Waals surface area contributed by atoms with Crippen molar-refractivity contribution in [2.75, 3.05) is 31.3 Å². The lowest BCUT2D eigenvalue weighted by molar-refractivity contribution is -0.117. The molecule has 1 aliphatic carbocycles. The first-order valence-corrected chi connectivity index (χ1v) is 12.9. The number of nitrogens with one attached hydrogen (secondary N) is 2. The molecular weight excluding hydrogens is 458 g/mol. The van der Waals surface area contributed by atoms with E-state index in [0.717, 1.165) is 53.5 Å². The van der Waals surface area contributed by atoms with Crippen molar-refractivity contribution in [2.24, 2.45) is 5.92 Å². The molecule has 0 aromatic heterocycles. The lowest BCUT2D eigenvalue weighted by atomic mass is 10.1. The van der Waals surface area contributed by atoms with Crippen LogP contribution in [0.25, 0.3) is 10.8 Å². The summed E-state index contributed by atoms with van der Waals surface area (Å²) in [4.78, 5) is 27.7. The summed E-state index contributed by atoms with van der Waals surface area (Å²) in [5.74, 6) is 0.0700. The topological polar surface area (TPSA) is 61.4 Å². The normalized spacial score (nSPS) is 16.5. The van der Waals surface area contributed by atoms with Crippen molar-refractivity contribution in [1.82, 2.24) is 4.90 Å². The number of amides is 2. The largest absolute Gasteiger partial charge is 0.326 e. The number of benzene rings is 4. The van der Waals surface area contributed by atoms with Gasteiger partial charge in [-0.05, 0) is 104 Å². The Hall–Kier alpha value is -3.96. The van der Waals surface area contributed by atoms with Crippen LogP contribution in [0.3, 0.4) is 0 Å². The Morgan fingerprint density at radius 1 is 0.811 bits per heavy atom. The van der Waals surface area contributed by atoms with E-state index in [1.54, 1.807) is 0 Å². The molecule has 0 unspecified atom stereocenters. The number of nitrogens with zero attached hydrogens (tertiary/aromatic N) is 1. The van der Waals surface area contributed by atoms with Gasteiger partial charge < -0.3 is 15.5 Å². The van der Waals surface area contributed by atoms with Crippen LogP contribution in [0.2, 0.25) is 0 Å². The summed E-state index contributed by atoms with van der Waals surface area (Å²) in [6, 6.07) is 29.8. The minimum Gasteiger partial charge on any atom is -0.326 e. The van der Waals surface area contributed by atoms with Gasteiger partial charge in [-0.3, -0.25) is 9.59 Å². The van der Waals surface area contributed by atoms with Crippen LogP contribution in [0.4, 0.5) is 11.4 Å². The fourth-order valence-corrected chi connectivity index (χ4v) is 4.79. The maximum atomic E-state index is 12.8. The minimum atomic E-state index is -0.131. The Balaban J connectivity index is 1.13. The molecule has 2 amide bonds. The molecule has 0 radical (unpaired) electrons. The summed E-state index contributed by atoms with van der Waals surface area (Å²) < 4.78 is 0. The first-order chi connectivity index (χ1) is 18.0. The van der Waals surface area contributed by atoms with Crippen molar-refractivity contribution in [3.8, 4) is 0 Å². The predicted octanol–water partition coefficient (Wildman–Crippen LogP) is 6.33. The van der Waals surface area contributed by atoms with E-state index in [9.17, 15) is 9.59 Å². The lowest BCUT2D eigenvalue weighted by Gasteiger charge is -2.10. The Morgan fingerprint density at radius 2 is 1.51 bits per heavy atom. The van der Waals surface area contributed by atoms with Gasteiger partial charge in [0.05, 0.1) is 0 Å². The molecule has 37 heavy (non-hydrogen) atoms. The third kappa shape index (κ3) is 6.25. The molecule has 0 heterocycles. The predicted molar refractivity (Wildman–Crippen MR) is 151 cm³/mol. The Labute approximate surface area is 218 Å². The smallest absolute Gasteiger partial charge is 0.255 e. The first-order valence-electron chi connectivity index (χ1n) is 12.9. The van der Waals surface area contributed by atoms with E-state index in [2.05, 4.69) is 47.8 Å². The average molecular weight is 492 g/mol. The third-order valence-corrected chi connectivity index (χ3v) is 7.03. The highest BCUT2D eigenvalue weighted by Crippen LogP contribution is 2.48. The van der Waals surface area contributed by atoms with Gasteiger partial charge in [-0.15, -0.1) is 0 Å². The fraction of sp³-hybridized carbons (Fsp3) is 0.250. The van der Waals surface area contributed by atoms with Gasteiger partial charge in [-0.2, -0.15) is 0 Å². The van der Waals surface area contributed by atoms with Gasteiger partial charge in [-0.25, -0.2) is 0 Å². The average Bonchev–Trinajstić information content (AvgIpc) is 3.71. The molecule has 0 aliphatic heterocycles. The molecule has 5 heteroatoms. The van der Waals surface area contributed by atoms with E-state index < -0.39 is 0 Å². The van der Waals surface area contributed by atoms with Gasteiger partial charge in [0.15, 0.2) is 0 Å². The van der Waals surface area contributed by atoms with E-state index in [1.165, 1.54) is 5.56 Å². The zero-order chi connectivity index (χ0) is 25.8. The van der Waals surface area contributed by atoms with Crippen molar-refractivity contribution < 1.29 is 9.59 Å². The van der Waals surface area contributed by atoms with Crippen LogP contribution in [-0.4, -0.2) is 37.4 Å². The van der Waals surface area contributed by atoms with Crippen LogP contribution in [0.5, 0.6) is 0 Å². The summed E-state index contributed by atoms with van der Waals surface area (Å²) in [6.45, 7) is 1.06. The Kier molecular flexibility index (Phi) is 7.33. The van der Waals surface area contributed by atoms with Gasteiger partial charge in [0.1, 0.15) is 0 Å². The highest BCUT2D eigenvalue weighted by Gasteiger charge is 2.43. The SMILES string of the molecule is CN(C)CCCc1ccc(NC(=O)c2ccc([C@@H]3C[C@H]3C(=O)Nc3ccc4ccccc4c3)cc2)cc1. The molecular formula is C32H33N3O2. The quantitative estimate of drug-likeness (QED) is 0.288. The Bertz CT molecular complexity index is 1390. The molecule has 1 saturated carbocycles. The van der Waals surface area contributed by atoms with Crippen molar-refractivity contribution >= 4 is 34.0 Å². The van der Waals surface area contributed by atoms with Crippen molar-refractivity contribution in [1.29, 1.82) is 0 Å². The molecule has 2 atom stereocenters. The molecule has 188 valence electrons. The minimum absolute atomic E-state index is 0.0395. The van der Waals surface area contributed by atoms with Gasteiger partial charge >= 0.3 is 0 Å². The highest BCUT2D eigenvalue weighted by molar-refractivity contribution is 6.04. The number of rotatable bonds is 9. The maximum Gasteiger partial charge on any atom is 0.255 e. The van der Waals surface area contributed by atoms with Crippen LogP contribution in [0, 0.1) is 5.92 Å². The Morgan fingerprint density at radius 3 is 2.24 bits per heavy atom.